The molecule has 4 aliphatic rings. The first-order valence-corrected chi connectivity index (χ1v) is 14.9. The number of ether oxygens (including phenoxy) is 1. The fourth-order valence-electron chi connectivity index (χ4n) is 6.48. The van der Waals surface area contributed by atoms with Gasteiger partial charge < -0.3 is 46.1 Å². The third-order valence-corrected chi connectivity index (χ3v) is 8.79. The number of hydrogen-bond donors (Lipinski definition) is 3. The number of nitrogens with two attached hydrogens (primary N) is 1. The van der Waals surface area contributed by atoms with E-state index in [2.05, 4.69) is 35.7 Å². The molecule has 0 bridgehead atoms. The molecule has 0 radical (unpaired) electrons. The van der Waals surface area contributed by atoms with Gasteiger partial charge in [0.05, 0.1) is 0 Å². The van der Waals surface area contributed by atoms with Gasteiger partial charge in [0, 0.05) is 60.7 Å². The van der Waals surface area contributed by atoms with E-state index in [0.29, 0.717) is 24.7 Å². The molecular weight excluding hydrogens is 510 g/mol. The molecule has 3 aliphatic carbocycles. The summed E-state index contributed by atoms with van der Waals surface area (Å²) in [7, 11) is 0. The minimum absolute atomic E-state index is 0.0539. The number of amides is 3. The van der Waals surface area contributed by atoms with E-state index < -0.39 is 0 Å². The summed E-state index contributed by atoms with van der Waals surface area (Å²) in [5.74, 6) is 1.50. The lowest BCUT2D eigenvalue weighted by Crippen LogP contribution is -2.55. The number of urea groups is 1. The zero-order valence-electron chi connectivity index (χ0n) is 23.0. The molecule has 4 fully saturated rings. The molecule has 3 heterocycles. The van der Waals surface area contributed by atoms with Crippen molar-refractivity contribution in [1.29, 1.82) is 0 Å². The summed E-state index contributed by atoms with van der Waals surface area (Å²) in [5, 5.41) is 15.4. The number of aromatic nitrogens is 4. The highest BCUT2D eigenvalue weighted by Gasteiger charge is 2.38. The molecule has 216 valence electrons. The Bertz CT molecular complexity index is 1170. The van der Waals surface area contributed by atoms with E-state index in [1.807, 2.05) is 6.07 Å². The number of piperidine rings is 1. The molecule has 12 nitrogen and oxygen atoms in total. The summed E-state index contributed by atoms with van der Waals surface area (Å²) >= 11 is 0. The van der Waals surface area contributed by atoms with Crippen LogP contribution in [0.5, 0.6) is 0 Å². The van der Waals surface area contributed by atoms with E-state index in [1.54, 1.807) is 17.2 Å². The number of carbonyl (C=O) groups is 2. The zero-order valence-corrected chi connectivity index (χ0v) is 23.0. The molecule has 3 saturated carbocycles. The Morgan fingerprint density at radius 2 is 1.82 bits per heavy atom. The van der Waals surface area contributed by atoms with Gasteiger partial charge in [-0.15, -0.1) is 0 Å². The molecule has 3 amide bonds. The van der Waals surface area contributed by atoms with Crippen molar-refractivity contribution >= 4 is 29.7 Å². The largest absolute Gasteiger partial charge is 0.446 e. The number of carbonyl (C=O) groups excluding carboxylic acids is 2. The number of H-pyrrole nitrogens is 1. The number of hydrogen-bond acceptors (Lipinski definition) is 7. The first-order chi connectivity index (χ1) is 19.5. The summed E-state index contributed by atoms with van der Waals surface area (Å²) < 4.78 is 5.45. The molecule has 1 aliphatic heterocycles. The van der Waals surface area contributed by atoms with Crippen LogP contribution in [0.2, 0.25) is 0 Å². The van der Waals surface area contributed by atoms with Crippen molar-refractivity contribution in [1.82, 2.24) is 35.3 Å². The van der Waals surface area contributed by atoms with E-state index in [-0.39, 0.29) is 48.2 Å². The van der Waals surface area contributed by atoms with E-state index in [0.717, 1.165) is 63.5 Å². The van der Waals surface area contributed by atoms with Gasteiger partial charge >= 0.3 is 12.1 Å². The van der Waals surface area contributed by atoms with Gasteiger partial charge in [-0.1, -0.05) is 19.3 Å². The van der Waals surface area contributed by atoms with Crippen molar-refractivity contribution in [2.45, 2.75) is 107 Å². The van der Waals surface area contributed by atoms with Gasteiger partial charge in [-0.2, -0.15) is 0 Å². The number of nitrogen functional groups attached to an aromatic ring is 1. The Labute approximate surface area is 234 Å². The Kier molecular flexibility index (Phi) is 7.92. The lowest BCUT2D eigenvalue weighted by atomic mass is 9.92. The predicted octanol–water partition coefficient (Wildman–Crippen LogP) is 4.86. The van der Waals surface area contributed by atoms with Crippen LogP contribution in [-0.2, 0) is 4.74 Å². The van der Waals surface area contributed by atoms with Crippen LogP contribution in [0.3, 0.4) is 0 Å². The lowest BCUT2D eigenvalue weighted by molar-refractivity contribution is 0.0834. The van der Waals surface area contributed by atoms with Crippen LogP contribution in [-0.4, -0.2) is 79.4 Å². The maximum atomic E-state index is 13.8. The monoisotopic (exact) mass is 550 g/mol. The third-order valence-electron chi connectivity index (χ3n) is 8.79. The molecular formula is C28H40N9O3-. The molecule has 2 atom stereocenters. The molecule has 2 aromatic rings. The minimum atomic E-state index is -0.205. The van der Waals surface area contributed by atoms with Crippen molar-refractivity contribution in [2.75, 3.05) is 18.8 Å². The number of nitrogens with zero attached hydrogens (tertiary/aromatic N) is 6. The van der Waals surface area contributed by atoms with Gasteiger partial charge in [0.2, 0.25) is 0 Å². The van der Waals surface area contributed by atoms with E-state index in [9.17, 15) is 9.59 Å². The standard InChI is InChI=1S/C28H41N9O3/c29-26-30-13-10-24(33-26)32-25-17-23(34-35-25)18-6-7-21(16-18)37(20-4-2-1-3-5-20)27(38)31-19-11-14-36(15-12-19)28(39)40-22-8-9-22/h10,13,17-22H,1-9,11-12,14-16H2,(H5,29,30,31,32,33,34,35,38)/p-1. The molecule has 40 heavy (non-hydrogen) atoms. The lowest BCUT2D eigenvalue weighted by Gasteiger charge is -2.40. The van der Waals surface area contributed by atoms with Gasteiger partial charge in [-0.25, -0.2) is 14.6 Å². The van der Waals surface area contributed by atoms with Gasteiger partial charge in [0.25, 0.3) is 0 Å². The second-order valence-corrected chi connectivity index (χ2v) is 11.7. The number of aromatic amines is 1. The molecule has 12 heteroatoms. The van der Waals surface area contributed by atoms with Crippen LogP contribution < -0.4 is 11.1 Å². The second-order valence-electron chi connectivity index (χ2n) is 11.7. The number of rotatable bonds is 7. The van der Waals surface area contributed by atoms with Crippen LogP contribution >= 0.6 is 0 Å². The predicted molar refractivity (Wildman–Crippen MR) is 149 cm³/mol. The SMILES string of the molecule is Nc1nccc([N-]c2cc(C3CCC(N(C(=O)NC4CCN(C(=O)OC5CC5)CC4)C4CCCCC4)C3)[nH]n2)n1. The Morgan fingerprint density at radius 3 is 2.58 bits per heavy atom. The summed E-state index contributed by atoms with van der Waals surface area (Å²) in [5.41, 5.74) is 6.71. The van der Waals surface area contributed by atoms with Gasteiger partial charge in [0.15, 0.2) is 0 Å². The number of likely N-dealkylation sites (tertiary alicyclic amines) is 1. The van der Waals surface area contributed by atoms with Crippen LogP contribution in [0.1, 0.15) is 88.7 Å². The van der Waals surface area contributed by atoms with Crippen LogP contribution in [0.4, 0.5) is 27.2 Å². The van der Waals surface area contributed by atoms with Crippen molar-refractivity contribution in [3.05, 3.63) is 29.3 Å². The summed E-state index contributed by atoms with van der Waals surface area (Å²) in [4.78, 5) is 38.1. The fraction of sp³-hybridized carbons (Fsp3) is 0.679. The average molecular weight is 551 g/mol. The van der Waals surface area contributed by atoms with E-state index in [1.165, 1.54) is 19.3 Å². The normalized spacial score (nSPS) is 24.1. The van der Waals surface area contributed by atoms with Crippen LogP contribution in [0.25, 0.3) is 5.32 Å². The van der Waals surface area contributed by atoms with Crippen molar-refractivity contribution in [3.8, 4) is 0 Å². The van der Waals surface area contributed by atoms with Crippen molar-refractivity contribution < 1.29 is 14.3 Å². The maximum absolute atomic E-state index is 13.8. The van der Waals surface area contributed by atoms with Gasteiger partial charge in [-0.05, 0) is 69.9 Å². The summed E-state index contributed by atoms with van der Waals surface area (Å²) in [6.07, 6.45) is 13.5. The highest BCUT2D eigenvalue weighted by molar-refractivity contribution is 5.75. The maximum Gasteiger partial charge on any atom is 0.410 e. The van der Waals surface area contributed by atoms with Crippen molar-refractivity contribution in [3.63, 3.8) is 0 Å². The first-order valence-electron chi connectivity index (χ1n) is 14.9. The zero-order chi connectivity index (χ0) is 27.5. The van der Waals surface area contributed by atoms with Crippen molar-refractivity contribution in [2.24, 2.45) is 0 Å². The Hall–Kier alpha value is -3.57. The van der Waals surface area contributed by atoms with Gasteiger partial charge in [0.1, 0.15) is 12.1 Å². The quantitative estimate of drug-likeness (QED) is 0.444. The average Bonchev–Trinajstić information content (AvgIpc) is 3.43. The first kappa shape index (κ1) is 26.6. The highest BCUT2D eigenvalue weighted by atomic mass is 16.6. The summed E-state index contributed by atoms with van der Waals surface area (Å²) in [6.45, 7) is 1.25. The molecule has 0 spiro atoms. The topological polar surface area (TPSA) is 156 Å². The Balaban J connectivity index is 1.06. The number of anilines is 1. The molecule has 1 saturated heterocycles. The smallest absolute Gasteiger partial charge is 0.410 e. The third kappa shape index (κ3) is 6.42. The van der Waals surface area contributed by atoms with E-state index in [4.69, 9.17) is 10.5 Å². The molecule has 0 aromatic carbocycles. The van der Waals surface area contributed by atoms with E-state index >= 15 is 0 Å². The molecule has 4 N–H and O–H groups in total. The van der Waals surface area contributed by atoms with Gasteiger partial charge in [-0.3, -0.25) is 0 Å². The minimum Gasteiger partial charge on any atom is -0.446 e. The summed E-state index contributed by atoms with van der Waals surface area (Å²) in [6, 6.07) is 4.26. The molecule has 2 aromatic heterocycles. The molecule has 6 rings (SSSR count). The van der Waals surface area contributed by atoms with Crippen LogP contribution in [0.15, 0.2) is 18.3 Å². The molecule has 2 unspecified atom stereocenters. The van der Waals surface area contributed by atoms with Crippen LogP contribution in [0, 0.1) is 0 Å². The Morgan fingerprint density at radius 1 is 1.02 bits per heavy atom. The number of nitrogens with one attached hydrogen (secondary N) is 2. The fourth-order valence-corrected chi connectivity index (χ4v) is 6.48. The highest BCUT2D eigenvalue weighted by Crippen LogP contribution is 2.40. The second kappa shape index (κ2) is 11.9.